The lowest BCUT2D eigenvalue weighted by Crippen LogP contribution is -2.00. The van der Waals surface area contributed by atoms with Crippen LogP contribution in [0.2, 0.25) is 0 Å². The smallest absolute Gasteiger partial charge is 0.181 e. The molecule has 0 atom stereocenters. The first-order chi connectivity index (χ1) is 13.8. The van der Waals surface area contributed by atoms with Gasteiger partial charge in [0.15, 0.2) is 11.5 Å². The summed E-state index contributed by atoms with van der Waals surface area (Å²) >= 11 is 3.46. The maximum atomic E-state index is 4.42. The highest BCUT2D eigenvalue weighted by molar-refractivity contribution is 9.10. The van der Waals surface area contributed by atoms with E-state index in [1.807, 2.05) is 59.3 Å². The molecular formula is C19H13BrN8. The molecule has 0 aliphatic heterocycles. The Morgan fingerprint density at radius 1 is 0.893 bits per heavy atom. The fourth-order valence-corrected chi connectivity index (χ4v) is 3.22. The van der Waals surface area contributed by atoms with Gasteiger partial charge in [-0.05, 0) is 52.3 Å². The van der Waals surface area contributed by atoms with Gasteiger partial charge in [0.05, 0.1) is 23.8 Å². The molecule has 8 nitrogen and oxygen atoms in total. The van der Waals surface area contributed by atoms with E-state index in [1.54, 1.807) is 23.3 Å². The zero-order chi connectivity index (χ0) is 18.9. The van der Waals surface area contributed by atoms with E-state index in [0.717, 1.165) is 33.0 Å². The predicted octanol–water partition coefficient (Wildman–Crippen LogP) is 3.88. The van der Waals surface area contributed by atoms with Gasteiger partial charge in [0.2, 0.25) is 0 Å². The molecular weight excluding hydrogens is 420 g/mol. The van der Waals surface area contributed by atoms with E-state index < -0.39 is 0 Å². The maximum absolute atomic E-state index is 4.42. The van der Waals surface area contributed by atoms with E-state index in [9.17, 15) is 0 Å². The molecule has 4 heterocycles. The van der Waals surface area contributed by atoms with Crippen molar-refractivity contribution in [1.82, 2.24) is 34.3 Å². The number of imidazole rings is 1. The molecule has 0 aliphatic carbocycles. The summed E-state index contributed by atoms with van der Waals surface area (Å²) in [5.74, 6) is 0.680. The molecule has 0 saturated heterocycles. The second kappa shape index (κ2) is 6.86. The molecule has 0 unspecified atom stereocenters. The Morgan fingerprint density at radius 2 is 1.79 bits per heavy atom. The standard InChI is InChI=1S/C19H13BrN8/c20-17-11-23-18(19-22-9-10-27(17)19)24-13-4-6-14(7-5-13)28-12-16(25-26-28)15-3-1-2-8-21-15/h1-12H,(H,23,24). The molecule has 0 radical (unpaired) electrons. The Balaban J connectivity index is 1.40. The van der Waals surface area contributed by atoms with Crippen LogP contribution in [0, 0.1) is 0 Å². The molecule has 0 amide bonds. The van der Waals surface area contributed by atoms with Crippen molar-refractivity contribution < 1.29 is 0 Å². The van der Waals surface area contributed by atoms with Crippen LogP contribution in [0.15, 0.2) is 78.1 Å². The molecule has 9 heteroatoms. The van der Waals surface area contributed by atoms with Crippen LogP contribution in [-0.4, -0.2) is 34.3 Å². The number of fused-ring (bicyclic) bond motifs is 1. The van der Waals surface area contributed by atoms with Crippen molar-refractivity contribution in [3.63, 3.8) is 0 Å². The number of benzene rings is 1. The Kier molecular flexibility index (Phi) is 4.06. The highest BCUT2D eigenvalue weighted by atomic mass is 79.9. The number of rotatable bonds is 4. The minimum Gasteiger partial charge on any atom is -0.337 e. The van der Waals surface area contributed by atoms with Gasteiger partial charge < -0.3 is 5.32 Å². The Bertz CT molecular complexity index is 1240. The summed E-state index contributed by atoms with van der Waals surface area (Å²) < 4.78 is 4.48. The van der Waals surface area contributed by atoms with Crippen molar-refractivity contribution in [2.24, 2.45) is 0 Å². The van der Waals surface area contributed by atoms with Crippen LogP contribution >= 0.6 is 15.9 Å². The minimum atomic E-state index is 0.680. The van der Waals surface area contributed by atoms with Crippen LogP contribution in [0.3, 0.4) is 0 Å². The van der Waals surface area contributed by atoms with Crippen LogP contribution in [0.5, 0.6) is 0 Å². The van der Waals surface area contributed by atoms with Crippen LogP contribution in [0.25, 0.3) is 22.7 Å². The summed E-state index contributed by atoms with van der Waals surface area (Å²) in [5, 5.41) is 11.7. The molecule has 5 rings (SSSR count). The maximum Gasteiger partial charge on any atom is 0.181 e. The molecule has 4 aromatic heterocycles. The highest BCUT2D eigenvalue weighted by Crippen LogP contribution is 2.23. The van der Waals surface area contributed by atoms with E-state index >= 15 is 0 Å². The van der Waals surface area contributed by atoms with Gasteiger partial charge >= 0.3 is 0 Å². The van der Waals surface area contributed by atoms with Crippen LogP contribution in [-0.2, 0) is 0 Å². The third kappa shape index (κ3) is 3.01. The van der Waals surface area contributed by atoms with Gasteiger partial charge in [-0.25, -0.2) is 14.6 Å². The summed E-state index contributed by atoms with van der Waals surface area (Å²) in [4.78, 5) is 13.1. The Labute approximate surface area is 168 Å². The van der Waals surface area contributed by atoms with E-state index in [-0.39, 0.29) is 0 Å². The first kappa shape index (κ1) is 16.6. The van der Waals surface area contributed by atoms with Crippen molar-refractivity contribution in [1.29, 1.82) is 0 Å². The van der Waals surface area contributed by atoms with Crippen molar-refractivity contribution >= 4 is 33.1 Å². The third-order valence-corrected chi connectivity index (χ3v) is 4.78. The molecule has 0 aliphatic rings. The second-order valence-corrected chi connectivity index (χ2v) is 6.80. The molecule has 0 bridgehead atoms. The van der Waals surface area contributed by atoms with Crippen LogP contribution < -0.4 is 5.32 Å². The van der Waals surface area contributed by atoms with Crippen LogP contribution in [0.1, 0.15) is 0 Å². The van der Waals surface area contributed by atoms with E-state index in [0.29, 0.717) is 5.82 Å². The van der Waals surface area contributed by atoms with Gasteiger partial charge in [-0.2, -0.15) is 0 Å². The minimum absolute atomic E-state index is 0.680. The quantitative estimate of drug-likeness (QED) is 0.463. The van der Waals surface area contributed by atoms with Gasteiger partial charge in [0.25, 0.3) is 0 Å². The van der Waals surface area contributed by atoms with Gasteiger partial charge in [-0.3, -0.25) is 9.38 Å². The molecule has 136 valence electrons. The number of hydrogen-bond acceptors (Lipinski definition) is 6. The van der Waals surface area contributed by atoms with Crippen LogP contribution in [0.4, 0.5) is 11.5 Å². The van der Waals surface area contributed by atoms with E-state index in [2.05, 4.69) is 46.5 Å². The fourth-order valence-electron chi connectivity index (χ4n) is 2.83. The largest absolute Gasteiger partial charge is 0.337 e. The Morgan fingerprint density at radius 3 is 2.61 bits per heavy atom. The average Bonchev–Trinajstić information content (AvgIpc) is 3.42. The molecule has 0 saturated carbocycles. The van der Waals surface area contributed by atoms with Gasteiger partial charge in [-0.15, -0.1) is 5.10 Å². The second-order valence-electron chi connectivity index (χ2n) is 5.99. The summed E-state index contributed by atoms with van der Waals surface area (Å²) in [7, 11) is 0. The summed E-state index contributed by atoms with van der Waals surface area (Å²) in [6, 6.07) is 13.5. The molecule has 5 aromatic rings. The number of halogens is 1. The lowest BCUT2D eigenvalue weighted by molar-refractivity contribution is 0.804. The zero-order valence-corrected chi connectivity index (χ0v) is 16.0. The number of nitrogens with zero attached hydrogens (tertiary/aromatic N) is 7. The lowest BCUT2D eigenvalue weighted by atomic mass is 10.2. The molecule has 28 heavy (non-hydrogen) atoms. The van der Waals surface area contributed by atoms with Crippen molar-refractivity contribution in [2.75, 3.05) is 5.32 Å². The first-order valence-electron chi connectivity index (χ1n) is 8.47. The average molecular weight is 433 g/mol. The Hall–Kier alpha value is -3.59. The van der Waals surface area contributed by atoms with Crippen molar-refractivity contribution in [2.45, 2.75) is 0 Å². The third-order valence-electron chi connectivity index (χ3n) is 4.20. The van der Waals surface area contributed by atoms with E-state index in [4.69, 9.17) is 0 Å². The zero-order valence-electron chi connectivity index (χ0n) is 14.4. The molecule has 0 spiro atoms. The number of aromatic nitrogens is 7. The normalized spacial score (nSPS) is 11.0. The topological polar surface area (TPSA) is 85.8 Å². The predicted molar refractivity (Wildman–Crippen MR) is 109 cm³/mol. The summed E-state index contributed by atoms with van der Waals surface area (Å²) in [6.07, 6.45) is 8.94. The van der Waals surface area contributed by atoms with Gasteiger partial charge in [0.1, 0.15) is 10.3 Å². The number of hydrogen-bond donors (Lipinski definition) is 1. The number of pyridine rings is 1. The van der Waals surface area contributed by atoms with Crippen molar-refractivity contribution in [3.05, 3.63) is 78.1 Å². The molecule has 0 fully saturated rings. The molecule has 1 N–H and O–H groups in total. The number of anilines is 2. The lowest BCUT2D eigenvalue weighted by Gasteiger charge is -2.08. The monoisotopic (exact) mass is 432 g/mol. The summed E-state index contributed by atoms with van der Waals surface area (Å²) in [6.45, 7) is 0. The van der Waals surface area contributed by atoms with Gasteiger partial charge in [-0.1, -0.05) is 11.3 Å². The first-order valence-corrected chi connectivity index (χ1v) is 9.26. The van der Waals surface area contributed by atoms with Gasteiger partial charge in [0, 0.05) is 24.3 Å². The highest BCUT2D eigenvalue weighted by Gasteiger charge is 2.09. The summed E-state index contributed by atoms with van der Waals surface area (Å²) in [5.41, 5.74) is 4.05. The fraction of sp³-hybridized carbons (Fsp3) is 0. The SMILES string of the molecule is Brc1cnc(Nc2ccc(-n3cc(-c4ccccn4)nn3)cc2)c2nccn12. The molecule has 1 aromatic carbocycles. The van der Waals surface area contributed by atoms with E-state index in [1.165, 1.54) is 0 Å². The van der Waals surface area contributed by atoms with Crippen molar-refractivity contribution in [3.8, 4) is 17.1 Å². The number of nitrogens with one attached hydrogen (secondary N) is 1.